The summed E-state index contributed by atoms with van der Waals surface area (Å²) in [5.74, 6) is 0.754. The quantitative estimate of drug-likeness (QED) is 0.778. The molecule has 1 aliphatic rings. The van der Waals surface area contributed by atoms with Crippen molar-refractivity contribution < 1.29 is 4.79 Å². The Hall–Kier alpha value is -0.570. The lowest BCUT2D eigenvalue weighted by atomic mass is 10.1. The average Bonchev–Trinajstić information content (AvgIpc) is 2.64. The summed E-state index contributed by atoms with van der Waals surface area (Å²) in [5.41, 5.74) is 0. The summed E-state index contributed by atoms with van der Waals surface area (Å²) in [7, 11) is 0. The van der Waals surface area contributed by atoms with Crippen molar-refractivity contribution in [2.45, 2.75) is 59.0 Å². The highest BCUT2D eigenvalue weighted by Crippen LogP contribution is 2.12. The van der Waals surface area contributed by atoms with Gasteiger partial charge in [-0.1, -0.05) is 13.8 Å². The minimum absolute atomic E-state index is 0.304. The van der Waals surface area contributed by atoms with Crippen LogP contribution in [0.25, 0.3) is 0 Å². The number of hydrogen-bond acceptors (Lipinski definition) is 2. The van der Waals surface area contributed by atoms with Crippen molar-refractivity contribution in [3.63, 3.8) is 0 Å². The molecule has 0 bridgehead atoms. The van der Waals surface area contributed by atoms with E-state index in [4.69, 9.17) is 0 Å². The van der Waals surface area contributed by atoms with E-state index in [1.807, 2.05) is 4.90 Å². The van der Waals surface area contributed by atoms with Gasteiger partial charge < -0.3 is 10.2 Å². The number of carbonyl (C=O) groups is 1. The maximum Gasteiger partial charge on any atom is 0.223 e. The average molecular weight is 226 g/mol. The van der Waals surface area contributed by atoms with Gasteiger partial charge in [0, 0.05) is 25.0 Å². The van der Waals surface area contributed by atoms with Gasteiger partial charge >= 0.3 is 0 Å². The molecule has 3 nitrogen and oxygen atoms in total. The summed E-state index contributed by atoms with van der Waals surface area (Å²) >= 11 is 0. The highest BCUT2D eigenvalue weighted by molar-refractivity contribution is 5.76. The first-order valence-corrected chi connectivity index (χ1v) is 6.53. The van der Waals surface area contributed by atoms with Crippen molar-refractivity contribution in [2.24, 2.45) is 5.92 Å². The molecule has 0 radical (unpaired) electrons. The van der Waals surface area contributed by atoms with Crippen LogP contribution in [0.3, 0.4) is 0 Å². The summed E-state index contributed by atoms with van der Waals surface area (Å²) in [6.45, 7) is 10.4. The van der Waals surface area contributed by atoms with Crippen molar-refractivity contribution in [1.29, 1.82) is 0 Å². The third kappa shape index (κ3) is 4.12. The molecule has 1 rings (SSSR count). The molecule has 1 fully saturated rings. The summed E-state index contributed by atoms with van der Waals surface area (Å²) in [4.78, 5) is 14.1. The number of hydrogen-bond donors (Lipinski definition) is 1. The highest BCUT2D eigenvalue weighted by atomic mass is 16.2. The van der Waals surface area contributed by atoms with E-state index in [1.165, 1.54) is 12.8 Å². The molecule has 0 saturated carbocycles. The lowest BCUT2D eigenvalue weighted by molar-refractivity contribution is -0.134. The third-order valence-corrected chi connectivity index (χ3v) is 3.11. The zero-order valence-corrected chi connectivity index (χ0v) is 11.1. The number of amides is 1. The normalized spacial score (nSPS) is 20.8. The molecule has 0 aromatic carbocycles. The van der Waals surface area contributed by atoms with Crippen LogP contribution in [-0.2, 0) is 4.79 Å². The van der Waals surface area contributed by atoms with E-state index in [1.54, 1.807) is 0 Å². The van der Waals surface area contributed by atoms with Crippen molar-refractivity contribution in [3.8, 4) is 0 Å². The SMILES string of the molecule is CC(C)CC(=O)N(CC1CCCN1)C(C)C. The van der Waals surface area contributed by atoms with Crippen LogP contribution in [0.5, 0.6) is 0 Å². The molecule has 1 heterocycles. The van der Waals surface area contributed by atoms with Crippen LogP contribution in [0, 0.1) is 5.92 Å². The Balaban J connectivity index is 2.49. The van der Waals surface area contributed by atoms with E-state index in [2.05, 4.69) is 33.0 Å². The summed E-state index contributed by atoms with van der Waals surface area (Å²) in [6, 6.07) is 0.826. The molecule has 1 saturated heterocycles. The molecular formula is C13H26N2O. The van der Waals surface area contributed by atoms with Crippen LogP contribution in [0.1, 0.15) is 47.0 Å². The fraction of sp³-hybridized carbons (Fsp3) is 0.923. The minimum Gasteiger partial charge on any atom is -0.339 e. The lowest BCUT2D eigenvalue weighted by Crippen LogP contribution is -2.45. The van der Waals surface area contributed by atoms with Crippen LogP contribution < -0.4 is 5.32 Å². The van der Waals surface area contributed by atoms with E-state index >= 15 is 0 Å². The molecule has 1 atom stereocenters. The molecular weight excluding hydrogens is 200 g/mol. The smallest absolute Gasteiger partial charge is 0.223 e. The first-order valence-electron chi connectivity index (χ1n) is 6.53. The Morgan fingerprint density at radius 3 is 2.50 bits per heavy atom. The molecule has 0 spiro atoms. The van der Waals surface area contributed by atoms with E-state index in [0.717, 1.165) is 13.1 Å². The number of nitrogens with zero attached hydrogens (tertiary/aromatic N) is 1. The van der Waals surface area contributed by atoms with Crippen molar-refractivity contribution >= 4 is 5.91 Å². The molecule has 1 unspecified atom stereocenters. The monoisotopic (exact) mass is 226 g/mol. The second kappa shape index (κ2) is 6.24. The van der Waals surface area contributed by atoms with Gasteiger partial charge in [0.2, 0.25) is 5.91 Å². The molecule has 16 heavy (non-hydrogen) atoms. The van der Waals surface area contributed by atoms with Gasteiger partial charge in [0.05, 0.1) is 0 Å². The van der Waals surface area contributed by atoms with Gasteiger partial charge in [0.25, 0.3) is 0 Å². The first kappa shape index (κ1) is 13.5. The largest absolute Gasteiger partial charge is 0.339 e. The van der Waals surface area contributed by atoms with Crippen LogP contribution >= 0.6 is 0 Å². The Kier molecular flexibility index (Phi) is 5.26. The predicted octanol–water partition coefficient (Wildman–Crippen LogP) is 2.02. The minimum atomic E-state index is 0.304. The van der Waals surface area contributed by atoms with Crippen LogP contribution in [0.2, 0.25) is 0 Å². The molecule has 0 aliphatic carbocycles. The second-order valence-electron chi connectivity index (χ2n) is 5.53. The van der Waals surface area contributed by atoms with Crippen LogP contribution in [0.4, 0.5) is 0 Å². The van der Waals surface area contributed by atoms with E-state index in [0.29, 0.717) is 30.3 Å². The van der Waals surface area contributed by atoms with Crippen LogP contribution in [-0.4, -0.2) is 36.0 Å². The fourth-order valence-electron chi connectivity index (χ4n) is 2.22. The molecule has 0 aromatic rings. The van der Waals surface area contributed by atoms with Crippen molar-refractivity contribution in [3.05, 3.63) is 0 Å². The van der Waals surface area contributed by atoms with Crippen molar-refractivity contribution in [2.75, 3.05) is 13.1 Å². The number of carbonyl (C=O) groups excluding carboxylic acids is 1. The Morgan fingerprint density at radius 2 is 2.06 bits per heavy atom. The van der Waals surface area contributed by atoms with Gasteiger partial charge in [-0.15, -0.1) is 0 Å². The van der Waals surface area contributed by atoms with Gasteiger partial charge in [-0.05, 0) is 39.2 Å². The Bertz CT molecular complexity index is 220. The number of nitrogens with one attached hydrogen (secondary N) is 1. The molecule has 1 aliphatic heterocycles. The Morgan fingerprint density at radius 1 is 1.38 bits per heavy atom. The number of rotatable bonds is 5. The maximum atomic E-state index is 12.1. The van der Waals surface area contributed by atoms with Crippen molar-refractivity contribution in [1.82, 2.24) is 10.2 Å². The van der Waals surface area contributed by atoms with Gasteiger partial charge in [0.15, 0.2) is 0 Å². The van der Waals surface area contributed by atoms with E-state index in [9.17, 15) is 4.79 Å². The maximum absolute atomic E-state index is 12.1. The molecule has 3 heteroatoms. The zero-order valence-electron chi connectivity index (χ0n) is 11.1. The lowest BCUT2D eigenvalue weighted by Gasteiger charge is -2.30. The van der Waals surface area contributed by atoms with E-state index in [-0.39, 0.29) is 0 Å². The highest BCUT2D eigenvalue weighted by Gasteiger charge is 2.23. The molecule has 94 valence electrons. The second-order valence-corrected chi connectivity index (χ2v) is 5.53. The van der Waals surface area contributed by atoms with Crippen LogP contribution in [0.15, 0.2) is 0 Å². The third-order valence-electron chi connectivity index (χ3n) is 3.11. The van der Waals surface area contributed by atoms with Gasteiger partial charge in [-0.3, -0.25) is 4.79 Å². The van der Waals surface area contributed by atoms with E-state index < -0.39 is 0 Å². The molecule has 1 amide bonds. The molecule has 0 aromatic heterocycles. The Labute approximate surface area is 99.6 Å². The first-order chi connectivity index (χ1) is 7.50. The molecule has 1 N–H and O–H groups in total. The summed E-state index contributed by atoms with van der Waals surface area (Å²) in [5, 5.41) is 3.46. The fourth-order valence-corrected chi connectivity index (χ4v) is 2.22. The van der Waals surface area contributed by atoms with Gasteiger partial charge in [-0.25, -0.2) is 0 Å². The standard InChI is InChI=1S/C13H26N2O/c1-10(2)8-13(16)15(11(3)4)9-12-6-5-7-14-12/h10-12,14H,5-9H2,1-4H3. The van der Waals surface area contributed by atoms with Gasteiger partial charge in [0.1, 0.15) is 0 Å². The zero-order chi connectivity index (χ0) is 12.1. The van der Waals surface area contributed by atoms with Gasteiger partial charge in [-0.2, -0.15) is 0 Å². The topological polar surface area (TPSA) is 32.3 Å². The summed E-state index contributed by atoms with van der Waals surface area (Å²) in [6.07, 6.45) is 3.12. The predicted molar refractivity (Wildman–Crippen MR) is 67.3 cm³/mol. The summed E-state index contributed by atoms with van der Waals surface area (Å²) < 4.78 is 0.